The van der Waals surface area contributed by atoms with Crippen LogP contribution in [0.5, 0.6) is 0 Å². The lowest BCUT2D eigenvalue weighted by atomic mass is 10.0. The first-order chi connectivity index (χ1) is 19.5. The van der Waals surface area contributed by atoms with Gasteiger partial charge in [-0.15, -0.1) is 0 Å². The maximum Gasteiger partial charge on any atom is 0.416 e. The van der Waals surface area contributed by atoms with Gasteiger partial charge in [0.05, 0.1) is 5.56 Å². The zero-order chi connectivity index (χ0) is 29.3. The molecule has 0 unspecified atom stereocenters. The van der Waals surface area contributed by atoms with E-state index in [0.29, 0.717) is 47.8 Å². The number of nitrogens with two attached hydrogens (primary N) is 1. The second-order valence-electron chi connectivity index (χ2n) is 10.1. The normalized spacial score (nSPS) is 14.1. The van der Waals surface area contributed by atoms with E-state index in [1.165, 1.54) is 0 Å². The molecule has 0 bridgehead atoms. The fraction of sp³-hybridized carbons (Fsp3) is 0.300. The number of imidazole rings is 1. The third-order valence-corrected chi connectivity index (χ3v) is 7.16. The summed E-state index contributed by atoms with van der Waals surface area (Å²) in [6.07, 6.45) is -0.497. The van der Waals surface area contributed by atoms with Crippen LogP contribution >= 0.6 is 0 Å². The van der Waals surface area contributed by atoms with Crippen LogP contribution in [0.15, 0.2) is 48.8 Å². The summed E-state index contributed by atoms with van der Waals surface area (Å²) in [5, 5.41) is 2.66. The Balaban J connectivity index is 1.44. The Kier molecular flexibility index (Phi) is 7.60. The molecule has 8 nitrogen and oxygen atoms in total. The summed E-state index contributed by atoms with van der Waals surface area (Å²) in [5.74, 6) is 6.71. The van der Waals surface area contributed by atoms with Gasteiger partial charge in [-0.05, 0) is 55.8 Å². The number of nitrogens with zero attached hydrogens (tertiary/aromatic N) is 5. The van der Waals surface area contributed by atoms with Crippen LogP contribution in [-0.2, 0) is 12.6 Å². The maximum absolute atomic E-state index is 13.7. The van der Waals surface area contributed by atoms with E-state index in [4.69, 9.17) is 5.73 Å². The molecule has 3 N–H and O–H groups in total. The molecule has 2 aromatic carbocycles. The van der Waals surface area contributed by atoms with Gasteiger partial charge < -0.3 is 20.9 Å². The first-order valence-corrected chi connectivity index (χ1v) is 13.2. The molecule has 0 spiro atoms. The number of amides is 1. The smallest absolute Gasteiger partial charge is 0.382 e. The molecule has 5 rings (SSSR count). The number of hydrogen-bond donors (Lipinski definition) is 2. The molecular weight excluding hydrogens is 531 g/mol. The number of piperazine rings is 1. The number of nitrogens with one attached hydrogen (secondary N) is 1. The molecule has 1 aliphatic rings. The van der Waals surface area contributed by atoms with E-state index in [0.717, 1.165) is 36.6 Å². The van der Waals surface area contributed by atoms with Crippen LogP contribution in [0.3, 0.4) is 0 Å². The average molecular weight is 562 g/mol. The second kappa shape index (κ2) is 11.1. The highest BCUT2D eigenvalue weighted by molar-refractivity contribution is 6.04. The van der Waals surface area contributed by atoms with Crippen LogP contribution in [0.4, 0.5) is 30.4 Å². The minimum absolute atomic E-state index is 0.0755. The zero-order valence-electron chi connectivity index (χ0n) is 23.0. The molecule has 0 saturated carbocycles. The molecular formula is C30H30F3N7O. The van der Waals surface area contributed by atoms with Crippen LogP contribution in [-0.4, -0.2) is 58.4 Å². The Hall–Kier alpha value is -4.56. The third kappa shape index (κ3) is 5.98. The van der Waals surface area contributed by atoms with Crippen molar-refractivity contribution in [1.82, 2.24) is 19.3 Å². The van der Waals surface area contributed by atoms with E-state index in [9.17, 15) is 18.0 Å². The quantitative estimate of drug-likeness (QED) is 0.354. The predicted octanol–water partition coefficient (Wildman–Crippen LogP) is 4.61. The van der Waals surface area contributed by atoms with Crippen molar-refractivity contribution in [3.63, 3.8) is 0 Å². The van der Waals surface area contributed by atoms with Crippen LogP contribution in [0.2, 0.25) is 0 Å². The van der Waals surface area contributed by atoms with Crippen LogP contribution < -0.4 is 16.0 Å². The summed E-state index contributed by atoms with van der Waals surface area (Å²) in [5.41, 5.74) is 8.55. The van der Waals surface area contributed by atoms with Crippen molar-refractivity contribution in [3.8, 4) is 11.8 Å². The van der Waals surface area contributed by atoms with Crippen molar-refractivity contribution in [2.24, 2.45) is 0 Å². The number of carbonyl (C=O) groups is 1. The van der Waals surface area contributed by atoms with Gasteiger partial charge >= 0.3 is 6.18 Å². The largest absolute Gasteiger partial charge is 0.416 e. The summed E-state index contributed by atoms with van der Waals surface area (Å²) in [7, 11) is 1.97. The number of alkyl halides is 3. The van der Waals surface area contributed by atoms with Gasteiger partial charge in [-0.2, -0.15) is 13.2 Å². The van der Waals surface area contributed by atoms with E-state index >= 15 is 0 Å². The van der Waals surface area contributed by atoms with Crippen LogP contribution in [0.25, 0.3) is 5.52 Å². The lowest BCUT2D eigenvalue weighted by molar-refractivity contribution is -0.137. The van der Waals surface area contributed by atoms with Crippen molar-refractivity contribution in [1.29, 1.82) is 0 Å². The van der Waals surface area contributed by atoms with Gasteiger partial charge in [-0.3, -0.25) is 9.20 Å². The number of benzene rings is 2. The van der Waals surface area contributed by atoms with Crippen molar-refractivity contribution in [3.05, 3.63) is 82.6 Å². The zero-order valence-corrected chi connectivity index (χ0v) is 23.0. The molecule has 1 saturated heterocycles. The van der Waals surface area contributed by atoms with Gasteiger partial charge in [0.25, 0.3) is 5.91 Å². The molecule has 11 heteroatoms. The fourth-order valence-electron chi connectivity index (χ4n) is 4.78. The lowest BCUT2D eigenvalue weighted by Crippen LogP contribution is -2.44. The number of rotatable bonds is 4. The molecule has 1 aliphatic heterocycles. The van der Waals surface area contributed by atoms with Gasteiger partial charge in [0, 0.05) is 67.5 Å². The standard InChI is InChI=1S/C30H30F3N7O/c1-4-26-37-25(27-28(34)35-9-10-40(26)27)8-7-20-15-21(6-5-19(20)2)29(41)36-23-16-22(30(31,32)33)17-24(18-23)39-13-11-38(3)12-14-39/h5-6,9-10,15-18H,4,11-14H2,1-3H3,(H2,34,35)(H,36,41). The third-order valence-electron chi connectivity index (χ3n) is 7.16. The Labute approximate surface area is 236 Å². The summed E-state index contributed by atoms with van der Waals surface area (Å²) >= 11 is 0. The first-order valence-electron chi connectivity index (χ1n) is 13.2. The van der Waals surface area contributed by atoms with E-state index in [1.54, 1.807) is 36.7 Å². The van der Waals surface area contributed by atoms with Crippen molar-refractivity contribution in [2.75, 3.05) is 49.2 Å². The SMILES string of the molecule is CCc1nc(C#Cc2cc(C(=O)Nc3cc(N4CCN(C)CC4)cc(C(F)(F)F)c3)ccc2C)c2c(N)nccn12. The molecule has 0 atom stereocenters. The Morgan fingerprint density at radius 3 is 2.56 bits per heavy atom. The maximum atomic E-state index is 13.7. The van der Waals surface area contributed by atoms with E-state index < -0.39 is 17.6 Å². The van der Waals surface area contributed by atoms with E-state index in [2.05, 4.69) is 32.0 Å². The molecule has 4 aromatic rings. The predicted molar refractivity (Wildman–Crippen MR) is 153 cm³/mol. The second-order valence-corrected chi connectivity index (χ2v) is 10.1. The average Bonchev–Trinajstić information content (AvgIpc) is 3.31. The number of anilines is 3. The highest BCUT2D eigenvalue weighted by atomic mass is 19.4. The Bertz CT molecular complexity index is 1680. The van der Waals surface area contributed by atoms with Gasteiger partial charge in [0.1, 0.15) is 17.0 Å². The molecule has 1 fully saturated rings. The number of aromatic nitrogens is 3. The van der Waals surface area contributed by atoms with E-state index in [1.807, 2.05) is 30.2 Å². The monoisotopic (exact) mass is 561 g/mol. The van der Waals surface area contributed by atoms with Crippen LogP contribution in [0, 0.1) is 18.8 Å². The minimum Gasteiger partial charge on any atom is -0.382 e. The highest BCUT2D eigenvalue weighted by Gasteiger charge is 2.32. The molecule has 0 radical (unpaired) electrons. The summed E-state index contributed by atoms with van der Waals surface area (Å²) < 4.78 is 43.1. The molecule has 212 valence electrons. The number of likely N-dealkylation sites (N-methyl/N-ethyl adjacent to an activating group) is 1. The summed E-state index contributed by atoms with van der Waals surface area (Å²) in [6, 6.07) is 8.66. The minimum atomic E-state index is -4.55. The number of halogens is 3. The fourth-order valence-corrected chi connectivity index (χ4v) is 4.78. The Morgan fingerprint density at radius 1 is 1.10 bits per heavy atom. The lowest BCUT2D eigenvalue weighted by Gasteiger charge is -2.34. The number of fused-ring (bicyclic) bond motifs is 1. The molecule has 2 aromatic heterocycles. The molecule has 1 amide bonds. The molecule has 41 heavy (non-hydrogen) atoms. The number of hydrogen-bond acceptors (Lipinski definition) is 6. The van der Waals surface area contributed by atoms with Gasteiger partial charge in [0.15, 0.2) is 5.82 Å². The van der Waals surface area contributed by atoms with Crippen molar-refractivity contribution < 1.29 is 18.0 Å². The molecule has 3 heterocycles. The Morgan fingerprint density at radius 2 is 1.85 bits per heavy atom. The summed E-state index contributed by atoms with van der Waals surface area (Å²) in [6.45, 7) is 6.51. The first kappa shape index (κ1) is 28.0. The molecule has 0 aliphatic carbocycles. The van der Waals surface area contributed by atoms with Gasteiger partial charge in [-0.25, -0.2) is 9.97 Å². The van der Waals surface area contributed by atoms with Crippen molar-refractivity contribution in [2.45, 2.75) is 26.4 Å². The summed E-state index contributed by atoms with van der Waals surface area (Å²) in [4.78, 5) is 26.0. The topological polar surface area (TPSA) is 91.8 Å². The van der Waals surface area contributed by atoms with Gasteiger partial charge in [-0.1, -0.05) is 18.9 Å². The number of nitrogen functional groups attached to an aromatic ring is 1. The van der Waals surface area contributed by atoms with E-state index in [-0.39, 0.29) is 11.3 Å². The van der Waals surface area contributed by atoms with Crippen molar-refractivity contribution >= 4 is 28.6 Å². The highest BCUT2D eigenvalue weighted by Crippen LogP contribution is 2.35. The number of carbonyl (C=O) groups excluding carboxylic acids is 1. The van der Waals surface area contributed by atoms with Crippen LogP contribution in [0.1, 0.15) is 45.5 Å². The van der Waals surface area contributed by atoms with Gasteiger partial charge in [0.2, 0.25) is 0 Å². The number of aryl methyl sites for hydroxylation is 2.